The summed E-state index contributed by atoms with van der Waals surface area (Å²) in [6.07, 6.45) is 3.20. The molecule has 92 valence electrons. The summed E-state index contributed by atoms with van der Waals surface area (Å²) >= 11 is 3.30. The molecule has 1 heterocycles. The average Bonchev–Trinajstić information content (AvgIpc) is 2.39. The molecule has 18 heavy (non-hydrogen) atoms. The van der Waals surface area contributed by atoms with E-state index in [1.54, 1.807) is 18.5 Å². The number of carbonyl (C=O) groups is 1. The molecule has 0 fully saturated rings. The largest absolute Gasteiger partial charge is 0.345 e. The Balaban J connectivity index is 2.08. The minimum absolute atomic E-state index is 0.0299. The molecule has 0 spiro atoms. The molecule has 3 nitrogen and oxygen atoms in total. The summed E-state index contributed by atoms with van der Waals surface area (Å²) in [6.45, 7) is 1.96. The maximum absolute atomic E-state index is 12.0. The van der Waals surface area contributed by atoms with Crippen molar-refractivity contribution in [3.63, 3.8) is 0 Å². The van der Waals surface area contributed by atoms with Crippen molar-refractivity contribution in [1.82, 2.24) is 10.3 Å². The summed E-state index contributed by atoms with van der Waals surface area (Å²) < 4.78 is 0.794. The molecule has 0 bridgehead atoms. The molecule has 1 amide bonds. The lowest BCUT2D eigenvalue weighted by Crippen LogP contribution is -2.26. The Hall–Kier alpha value is -1.68. The molecule has 0 aliphatic rings. The Bertz CT molecular complexity index is 543. The number of benzene rings is 1. The van der Waals surface area contributed by atoms with E-state index in [1.807, 2.05) is 37.3 Å². The standard InChI is InChI=1S/C14H13BrN2O/c1-10(11-5-3-2-4-6-11)17-14(18)12-7-13(15)9-16-8-12/h2-10H,1H3,(H,17,18)/t10-/m0/s1. The van der Waals surface area contributed by atoms with Gasteiger partial charge in [0, 0.05) is 16.9 Å². The Morgan fingerprint density at radius 2 is 2.00 bits per heavy atom. The van der Waals surface area contributed by atoms with E-state index in [1.165, 1.54) is 0 Å². The van der Waals surface area contributed by atoms with Gasteiger partial charge < -0.3 is 5.32 Å². The van der Waals surface area contributed by atoms with Gasteiger partial charge in [0.2, 0.25) is 0 Å². The van der Waals surface area contributed by atoms with Gasteiger partial charge >= 0.3 is 0 Å². The predicted octanol–water partition coefficient (Wildman–Crippen LogP) is 3.34. The van der Waals surface area contributed by atoms with E-state index in [2.05, 4.69) is 26.2 Å². The Kier molecular flexibility index (Phi) is 4.10. The smallest absolute Gasteiger partial charge is 0.253 e. The zero-order chi connectivity index (χ0) is 13.0. The van der Waals surface area contributed by atoms with Crippen LogP contribution in [0.3, 0.4) is 0 Å². The summed E-state index contributed by atoms with van der Waals surface area (Å²) in [5.74, 6) is -0.125. The molecule has 0 aliphatic heterocycles. The van der Waals surface area contributed by atoms with Crippen molar-refractivity contribution in [2.75, 3.05) is 0 Å². The van der Waals surface area contributed by atoms with E-state index in [0.717, 1.165) is 10.0 Å². The number of nitrogens with one attached hydrogen (secondary N) is 1. The number of halogens is 1. The van der Waals surface area contributed by atoms with Crippen molar-refractivity contribution in [3.05, 3.63) is 64.4 Å². The van der Waals surface area contributed by atoms with Crippen LogP contribution in [-0.2, 0) is 0 Å². The first-order valence-electron chi connectivity index (χ1n) is 5.63. The molecule has 1 N–H and O–H groups in total. The van der Waals surface area contributed by atoms with Crippen molar-refractivity contribution >= 4 is 21.8 Å². The van der Waals surface area contributed by atoms with E-state index < -0.39 is 0 Å². The maximum atomic E-state index is 12.0. The molecule has 0 saturated heterocycles. The Labute approximate surface area is 114 Å². The van der Waals surface area contributed by atoms with E-state index in [4.69, 9.17) is 0 Å². The molecule has 1 aromatic carbocycles. The van der Waals surface area contributed by atoms with E-state index in [-0.39, 0.29) is 11.9 Å². The lowest BCUT2D eigenvalue weighted by atomic mass is 10.1. The number of nitrogens with zero attached hydrogens (tertiary/aromatic N) is 1. The van der Waals surface area contributed by atoms with Crippen LogP contribution < -0.4 is 5.32 Å². The number of carbonyl (C=O) groups excluding carboxylic acids is 1. The zero-order valence-corrected chi connectivity index (χ0v) is 11.5. The first kappa shape index (κ1) is 12.8. The van der Waals surface area contributed by atoms with Gasteiger partial charge in [-0.2, -0.15) is 0 Å². The second-order valence-electron chi connectivity index (χ2n) is 4.00. The fraction of sp³-hybridized carbons (Fsp3) is 0.143. The summed E-state index contributed by atoms with van der Waals surface area (Å²) in [7, 11) is 0. The average molecular weight is 305 g/mol. The van der Waals surface area contributed by atoms with Gasteiger partial charge in [-0.15, -0.1) is 0 Å². The van der Waals surface area contributed by atoms with Gasteiger partial charge in [-0.1, -0.05) is 30.3 Å². The molecule has 0 radical (unpaired) electrons. The van der Waals surface area contributed by atoms with Crippen LogP contribution >= 0.6 is 15.9 Å². The zero-order valence-electron chi connectivity index (χ0n) is 9.93. The summed E-state index contributed by atoms with van der Waals surface area (Å²) in [5, 5.41) is 2.94. The SMILES string of the molecule is C[C@H](NC(=O)c1cncc(Br)c1)c1ccccc1. The van der Waals surface area contributed by atoms with Crippen molar-refractivity contribution in [2.24, 2.45) is 0 Å². The minimum Gasteiger partial charge on any atom is -0.345 e. The second kappa shape index (κ2) is 5.78. The lowest BCUT2D eigenvalue weighted by Gasteiger charge is -2.14. The van der Waals surface area contributed by atoms with Crippen LogP contribution in [0.4, 0.5) is 0 Å². The molecular formula is C14H13BrN2O. The van der Waals surface area contributed by atoms with Crippen molar-refractivity contribution in [3.8, 4) is 0 Å². The molecule has 2 rings (SSSR count). The summed E-state index contributed by atoms with van der Waals surface area (Å²) in [5.41, 5.74) is 1.63. The highest BCUT2D eigenvalue weighted by Crippen LogP contribution is 2.14. The fourth-order valence-corrected chi connectivity index (χ4v) is 2.01. The van der Waals surface area contributed by atoms with Gasteiger partial charge in [-0.05, 0) is 34.5 Å². The third-order valence-electron chi connectivity index (χ3n) is 2.61. The van der Waals surface area contributed by atoms with Gasteiger partial charge in [0.05, 0.1) is 11.6 Å². The highest BCUT2D eigenvalue weighted by Gasteiger charge is 2.11. The van der Waals surface area contributed by atoms with Gasteiger partial charge in [-0.3, -0.25) is 9.78 Å². The quantitative estimate of drug-likeness (QED) is 0.945. The van der Waals surface area contributed by atoms with E-state index >= 15 is 0 Å². The second-order valence-corrected chi connectivity index (χ2v) is 4.91. The minimum atomic E-state index is -0.125. The molecular weight excluding hydrogens is 292 g/mol. The van der Waals surface area contributed by atoms with Crippen LogP contribution in [0.25, 0.3) is 0 Å². The number of aromatic nitrogens is 1. The first-order valence-corrected chi connectivity index (χ1v) is 6.42. The summed E-state index contributed by atoms with van der Waals surface area (Å²) in [4.78, 5) is 16.0. The topological polar surface area (TPSA) is 42.0 Å². The first-order chi connectivity index (χ1) is 8.66. The Morgan fingerprint density at radius 1 is 1.28 bits per heavy atom. The molecule has 0 saturated carbocycles. The lowest BCUT2D eigenvalue weighted by molar-refractivity contribution is 0.0939. The van der Waals surface area contributed by atoms with Crippen molar-refractivity contribution < 1.29 is 4.79 Å². The molecule has 1 aromatic heterocycles. The molecule has 4 heteroatoms. The number of hydrogen-bond donors (Lipinski definition) is 1. The van der Waals surface area contributed by atoms with Crippen LogP contribution in [0.5, 0.6) is 0 Å². The van der Waals surface area contributed by atoms with Crippen LogP contribution in [0, 0.1) is 0 Å². The van der Waals surface area contributed by atoms with E-state index in [0.29, 0.717) is 5.56 Å². The number of rotatable bonds is 3. The monoisotopic (exact) mass is 304 g/mol. The normalized spacial score (nSPS) is 11.9. The molecule has 2 aromatic rings. The predicted molar refractivity (Wildman–Crippen MR) is 74.3 cm³/mol. The number of pyridine rings is 1. The molecule has 1 atom stereocenters. The van der Waals surface area contributed by atoms with Crippen LogP contribution in [-0.4, -0.2) is 10.9 Å². The van der Waals surface area contributed by atoms with Crippen LogP contribution in [0.2, 0.25) is 0 Å². The van der Waals surface area contributed by atoms with Gasteiger partial charge in [0.15, 0.2) is 0 Å². The third-order valence-corrected chi connectivity index (χ3v) is 3.05. The maximum Gasteiger partial charge on any atom is 0.253 e. The van der Waals surface area contributed by atoms with Gasteiger partial charge in [-0.25, -0.2) is 0 Å². The van der Waals surface area contributed by atoms with Crippen molar-refractivity contribution in [2.45, 2.75) is 13.0 Å². The van der Waals surface area contributed by atoms with Gasteiger partial charge in [0.25, 0.3) is 5.91 Å². The molecule has 0 aliphatic carbocycles. The third kappa shape index (κ3) is 3.17. The highest BCUT2D eigenvalue weighted by atomic mass is 79.9. The van der Waals surface area contributed by atoms with E-state index in [9.17, 15) is 4.79 Å². The van der Waals surface area contributed by atoms with Crippen molar-refractivity contribution in [1.29, 1.82) is 0 Å². The molecule has 0 unspecified atom stereocenters. The Morgan fingerprint density at radius 3 is 2.67 bits per heavy atom. The van der Waals surface area contributed by atoms with Gasteiger partial charge in [0.1, 0.15) is 0 Å². The number of hydrogen-bond acceptors (Lipinski definition) is 2. The summed E-state index contributed by atoms with van der Waals surface area (Å²) in [6, 6.07) is 11.6. The highest BCUT2D eigenvalue weighted by molar-refractivity contribution is 9.10. The number of amides is 1. The van der Waals surface area contributed by atoms with Crippen LogP contribution in [0.15, 0.2) is 53.3 Å². The fourth-order valence-electron chi connectivity index (χ4n) is 1.64. The van der Waals surface area contributed by atoms with Crippen LogP contribution in [0.1, 0.15) is 28.9 Å².